The van der Waals surface area contributed by atoms with Crippen molar-refractivity contribution in [2.45, 2.75) is 150 Å². The zero-order valence-corrected chi connectivity index (χ0v) is 34.0. The van der Waals surface area contributed by atoms with Crippen LogP contribution in [0, 0.1) is 63.6 Å². The quantitative estimate of drug-likeness (QED) is 0.252. The molecule has 3 heterocycles. The van der Waals surface area contributed by atoms with Crippen LogP contribution in [0.2, 0.25) is 0 Å². The van der Waals surface area contributed by atoms with Crippen molar-refractivity contribution >= 4 is 5.97 Å². The molecule has 5 aliphatic carbocycles. The maximum absolute atomic E-state index is 13.0. The second-order valence-electron chi connectivity index (χ2n) is 20.1. The number of hydrogen-bond donors (Lipinski definition) is 3. The number of fused-ring (bicyclic) bond motifs is 7. The third kappa shape index (κ3) is 5.57. The summed E-state index contributed by atoms with van der Waals surface area (Å²) in [7, 11) is 0. The van der Waals surface area contributed by atoms with Crippen LogP contribution in [0.15, 0.2) is 34.1 Å². The van der Waals surface area contributed by atoms with E-state index in [-0.39, 0.29) is 46.3 Å². The molecule has 0 spiro atoms. The number of H-pyrrole nitrogens is 1. The van der Waals surface area contributed by atoms with Gasteiger partial charge in [0.1, 0.15) is 18.0 Å². The van der Waals surface area contributed by atoms with Crippen molar-refractivity contribution in [2.75, 3.05) is 6.61 Å². The SMILES string of the molecule is C=C(C)[C@@H]1CC[C@]2(C(=O)O)CC[C@]3(C)[C@H](CC[C@@H]4[C@@]5(C)CC[C@H](OCc6cn([C@H]7C[C@H](n8cc(C)c(=O)[nH]c8=O)O[C@@H]7CO)nn6)C(C)(C)[C@@H]5CC[C@]43C)[C@@H]12. The van der Waals surface area contributed by atoms with Crippen molar-refractivity contribution in [1.29, 1.82) is 0 Å². The van der Waals surface area contributed by atoms with Gasteiger partial charge in [0.15, 0.2) is 0 Å². The Morgan fingerprint density at radius 2 is 1.76 bits per heavy atom. The molecule has 0 bridgehead atoms. The Balaban J connectivity index is 0.966. The molecule has 13 atom stereocenters. The summed E-state index contributed by atoms with van der Waals surface area (Å²) in [5, 5.41) is 29.7. The zero-order valence-electron chi connectivity index (χ0n) is 34.0. The van der Waals surface area contributed by atoms with Gasteiger partial charge in [0.05, 0.1) is 37.0 Å². The van der Waals surface area contributed by atoms with E-state index in [4.69, 9.17) is 9.47 Å². The lowest BCUT2D eigenvalue weighted by atomic mass is 9.32. The highest BCUT2D eigenvalue weighted by Gasteiger charge is 2.72. The molecule has 0 amide bonds. The Bertz CT molecular complexity index is 1970. The second-order valence-corrected chi connectivity index (χ2v) is 20.1. The van der Waals surface area contributed by atoms with Crippen LogP contribution in [0.5, 0.6) is 0 Å². The van der Waals surface area contributed by atoms with Gasteiger partial charge in [-0.05, 0) is 129 Å². The van der Waals surface area contributed by atoms with E-state index in [1.807, 2.05) is 6.20 Å². The van der Waals surface area contributed by atoms with Gasteiger partial charge < -0.3 is 19.7 Å². The van der Waals surface area contributed by atoms with Crippen molar-refractivity contribution in [3.05, 3.63) is 56.6 Å². The summed E-state index contributed by atoms with van der Waals surface area (Å²) in [5.41, 5.74) is 1.07. The lowest BCUT2D eigenvalue weighted by Crippen LogP contribution is -2.67. The van der Waals surface area contributed by atoms with E-state index in [1.54, 1.807) is 11.6 Å². The summed E-state index contributed by atoms with van der Waals surface area (Å²) < 4.78 is 15.9. The van der Waals surface area contributed by atoms with Crippen LogP contribution in [0.3, 0.4) is 0 Å². The molecular weight excluding hydrogens is 699 g/mol. The Hall–Kier alpha value is -3.09. The van der Waals surface area contributed by atoms with Crippen LogP contribution in [0.4, 0.5) is 0 Å². The van der Waals surface area contributed by atoms with Gasteiger partial charge in [-0.25, -0.2) is 9.48 Å². The first kappa shape index (κ1) is 38.8. The Kier molecular flexibility index (Phi) is 9.32. The number of allylic oxidation sites excluding steroid dienone is 1. The molecule has 6 aliphatic rings. The number of nitrogens with zero attached hydrogens (tertiary/aromatic N) is 4. The summed E-state index contributed by atoms with van der Waals surface area (Å²) >= 11 is 0. The standard InChI is InChI=1S/C43H63N5O7/c1-24(2)27-11-16-43(37(51)52)18-17-41(7)28(35(27)43)9-10-32-40(6)14-13-33(39(4,5)31(40)12-15-42(32,41)8)54-23-26-21-48(46-45-26)29-19-34(55-30(29)22-49)47-20-25(3)36(50)44-38(47)53/h20-21,27-35,49H,1,9-19,22-23H2,2-8H3,(H,51,52)(H,44,50,53)/t27-,28+,29-,30+,31-,32+,33-,34+,35+,40-,41+,42+,43-/m0/s1. The largest absolute Gasteiger partial charge is 0.481 e. The number of carbonyl (C=O) groups is 1. The van der Waals surface area contributed by atoms with Crippen LogP contribution >= 0.6 is 0 Å². The Morgan fingerprint density at radius 3 is 2.47 bits per heavy atom. The summed E-state index contributed by atoms with van der Waals surface area (Å²) in [5.74, 6) is 1.41. The number of carboxylic acid groups (broad SMARTS) is 1. The van der Waals surface area contributed by atoms with Crippen molar-refractivity contribution in [1.82, 2.24) is 24.5 Å². The fraction of sp³-hybridized carbons (Fsp3) is 0.791. The molecule has 5 saturated carbocycles. The molecule has 6 fully saturated rings. The normalized spacial score (nSPS) is 43.2. The van der Waals surface area contributed by atoms with Gasteiger partial charge >= 0.3 is 11.7 Å². The first-order chi connectivity index (χ1) is 25.9. The number of aryl methyl sites for hydroxylation is 1. The molecule has 1 aliphatic heterocycles. The number of aliphatic carboxylic acids is 1. The van der Waals surface area contributed by atoms with E-state index < -0.39 is 35.0 Å². The minimum atomic E-state index is -0.659. The molecule has 0 unspecified atom stereocenters. The van der Waals surface area contributed by atoms with Crippen LogP contribution < -0.4 is 11.2 Å². The van der Waals surface area contributed by atoms with Crippen LogP contribution in [-0.2, 0) is 20.9 Å². The lowest BCUT2D eigenvalue weighted by molar-refractivity contribution is -0.252. The molecule has 0 radical (unpaired) electrons. The van der Waals surface area contributed by atoms with E-state index >= 15 is 0 Å². The predicted molar refractivity (Wildman–Crippen MR) is 206 cm³/mol. The number of aliphatic hydroxyl groups is 1. The number of ether oxygens (including phenoxy) is 2. The molecule has 2 aromatic heterocycles. The number of nitrogens with one attached hydrogen (secondary N) is 1. The second kappa shape index (κ2) is 13.2. The lowest BCUT2D eigenvalue weighted by Gasteiger charge is -2.72. The molecule has 0 aromatic carbocycles. The number of aliphatic hydroxyl groups excluding tert-OH is 1. The van der Waals surface area contributed by atoms with E-state index in [2.05, 4.69) is 63.4 Å². The van der Waals surface area contributed by atoms with E-state index in [9.17, 15) is 24.6 Å². The molecule has 12 nitrogen and oxygen atoms in total. The molecule has 302 valence electrons. The van der Waals surface area contributed by atoms with Crippen molar-refractivity contribution < 1.29 is 24.5 Å². The van der Waals surface area contributed by atoms with E-state index in [0.717, 1.165) is 51.4 Å². The van der Waals surface area contributed by atoms with Crippen molar-refractivity contribution in [3.63, 3.8) is 0 Å². The zero-order chi connectivity index (χ0) is 39.5. The highest BCUT2D eigenvalue weighted by atomic mass is 16.5. The average Bonchev–Trinajstić information content (AvgIpc) is 3.87. The highest BCUT2D eigenvalue weighted by molar-refractivity contribution is 5.76. The average molecular weight is 762 g/mol. The van der Waals surface area contributed by atoms with Crippen LogP contribution in [0.25, 0.3) is 0 Å². The van der Waals surface area contributed by atoms with Crippen molar-refractivity contribution in [3.8, 4) is 0 Å². The van der Waals surface area contributed by atoms with Gasteiger partial charge in [-0.1, -0.05) is 52.0 Å². The molecule has 55 heavy (non-hydrogen) atoms. The maximum Gasteiger partial charge on any atom is 0.330 e. The van der Waals surface area contributed by atoms with Gasteiger partial charge in [-0.15, -0.1) is 5.10 Å². The topological polar surface area (TPSA) is 162 Å². The molecule has 12 heteroatoms. The van der Waals surface area contributed by atoms with Gasteiger partial charge in [-0.3, -0.25) is 19.1 Å². The number of rotatable bonds is 8. The summed E-state index contributed by atoms with van der Waals surface area (Å²) in [4.78, 5) is 39.9. The number of carboxylic acids is 1. The van der Waals surface area contributed by atoms with Gasteiger partial charge in [0.2, 0.25) is 0 Å². The van der Waals surface area contributed by atoms with Gasteiger partial charge in [-0.2, -0.15) is 0 Å². The molecule has 3 N–H and O–H groups in total. The third-order valence-corrected chi connectivity index (χ3v) is 17.6. The van der Waals surface area contributed by atoms with Gasteiger partial charge in [0, 0.05) is 18.2 Å². The van der Waals surface area contributed by atoms with E-state index in [1.165, 1.54) is 29.2 Å². The highest BCUT2D eigenvalue weighted by Crippen LogP contribution is 2.77. The van der Waals surface area contributed by atoms with E-state index in [0.29, 0.717) is 48.0 Å². The molecule has 2 aromatic rings. The molecular formula is C43H63N5O7. The fourth-order valence-corrected chi connectivity index (χ4v) is 14.6. The first-order valence-corrected chi connectivity index (χ1v) is 20.9. The molecule has 8 rings (SSSR count). The smallest absolute Gasteiger partial charge is 0.330 e. The minimum absolute atomic E-state index is 0.0554. The van der Waals surface area contributed by atoms with Crippen molar-refractivity contribution in [2.24, 2.45) is 56.7 Å². The summed E-state index contributed by atoms with van der Waals surface area (Å²) in [6, 6.07) is -0.347. The summed E-state index contributed by atoms with van der Waals surface area (Å²) in [6.45, 7) is 20.8. The number of aromatic nitrogens is 5. The first-order valence-electron chi connectivity index (χ1n) is 20.9. The molecule has 1 saturated heterocycles. The van der Waals surface area contributed by atoms with Crippen LogP contribution in [0.1, 0.15) is 136 Å². The monoisotopic (exact) mass is 761 g/mol. The fourth-order valence-electron chi connectivity index (χ4n) is 14.6. The minimum Gasteiger partial charge on any atom is -0.481 e. The predicted octanol–water partition coefficient (Wildman–Crippen LogP) is 6.59. The number of hydrogen-bond acceptors (Lipinski definition) is 8. The number of aromatic amines is 1. The van der Waals surface area contributed by atoms with Gasteiger partial charge in [0.25, 0.3) is 5.56 Å². The summed E-state index contributed by atoms with van der Waals surface area (Å²) in [6.07, 6.45) is 12.8. The Labute approximate surface area is 324 Å². The maximum atomic E-state index is 13.0. The Morgan fingerprint density at radius 1 is 1.00 bits per heavy atom. The van der Waals surface area contributed by atoms with Crippen LogP contribution in [-0.4, -0.2) is 59.5 Å². The third-order valence-electron chi connectivity index (χ3n) is 17.6.